The summed E-state index contributed by atoms with van der Waals surface area (Å²) in [7, 11) is 1.95. The summed E-state index contributed by atoms with van der Waals surface area (Å²) in [5, 5.41) is 4.17. The van der Waals surface area contributed by atoms with E-state index < -0.39 is 0 Å². The Balaban J connectivity index is 2.28. The molecule has 1 atom stereocenters. The molecule has 0 bridgehead atoms. The summed E-state index contributed by atoms with van der Waals surface area (Å²) >= 11 is 0. The van der Waals surface area contributed by atoms with Crippen LogP contribution in [0.2, 0.25) is 0 Å². The van der Waals surface area contributed by atoms with Crippen LogP contribution in [0.5, 0.6) is 0 Å². The molecule has 1 aromatic carbocycles. The Bertz CT molecular complexity index is 360. The number of hydrogen-bond acceptors (Lipinski definition) is 1. The van der Waals surface area contributed by atoms with Gasteiger partial charge >= 0.3 is 0 Å². The van der Waals surface area contributed by atoms with E-state index in [0.29, 0.717) is 5.92 Å². The van der Waals surface area contributed by atoms with Crippen molar-refractivity contribution in [2.75, 3.05) is 7.05 Å². The van der Waals surface area contributed by atoms with E-state index in [-0.39, 0.29) is 0 Å². The molecule has 0 saturated carbocycles. The Kier molecular flexibility index (Phi) is 1.97. The molecule has 1 unspecified atom stereocenters. The molecule has 1 aliphatic heterocycles. The topological polar surface area (TPSA) is 15.4 Å². The summed E-state index contributed by atoms with van der Waals surface area (Å²) in [5.41, 5.74) is 2.60. The highest BCUT2D eigenvalue weighted by Crippen LogP contribution is 2.14. The lowest BCUT2D eigenvalue weighted by Crippen LogP contribution is -2.00. The van der Waals surface area contributed by atoms with Crippen LogP contribution in [0.1, 0.15) is 17.0 Å². The first-order valence-corrected chi connectivity index (χ1v) is 4.44. The summed E-state index contributed by atoms with van der Waals surface area (Å²) in [5.74, 6) is 0.352. The fourth-order valence-electron chi connectivity index (χ4n) is 1.45. The van der Waals surface area contributed by atoms with Crippen LogP contribution in [0.25, 0.3) is 0 Å². The van der Waals surface area contributed by atoms with Gasteiger partial charge in [0.05, 0.1) is 6.21 Å². The Morgan fingerprint density at radius 1 is 1.23 bits per heavy atom. The maximum atomic E-state index is 4.17. The van der Waals surface area contributed by atoms with Gasteiger partial charge in [-0.1, -0.05) is 34.5 Å². The highest BCUT2D eigenvalue weighted by molar-refractivity contribution is 5.89. The number of rotatable bonds is 1. The van der Waals surface area contributed by atoms with Gasteiger partial charge in [0.15, 0.2) is 13.3 Å². The highest BCUT2D eigenvalue weighted by atomic mass is 15.4. The molecule has 2 rings (SSSR count). The monoisotopic (exact) mass is 173 g/mol. The normalized spacial score (nSPS) is 20.5. The Morgan fingerprint density at radius 3 is 2.46 bits per heavy atom. The van der Waals surface area contributed by atoms with E-state index in [1.165, 1.54) is 11.1 Å². The van der Waals surface area contributed by atoms with Gasteiger partial charge in [0.1, 0.15) is 5.92 Å². The van der Waals surface area contributed by atoms with Gasteiger partial charge in [-0.3, -0.25) is 0 Å². The van der Waals surface area contributed by atoms with E-state index >= 15 is 0 Å². The lowest BCUT2D eigenvalue weighted by molar-refractivity contribution is -0.494. The predicted octanol–water partition coefficient (Wildman–Crippen LogP) is 1.79. The molecule has 1 aromatic rings. The minimum absolute atomic E-state index is 0.352. The average Bonchev–Trinajstić information content (AvgIpc) is 2.53. The van der Waals surface area contributed by atoms with Gasteiger partial charge in [-0.05, 0) is 17.6 Å². The minimum atomic E-state index is 0.352. The van der Waals surface area contributed by atoms with Gasteiger partial charge in [-0.25, -0.2) is 0 Å². The van der Waals surface area contributed by atoms with Crippen molar-refractivity contribution < 1.29 is 4.68 Å². The van der Waals surface area contributed by atoms with Crippen LogP contribution in [0.3, 0.4) is 0 Å². The third-order valence-corrected chi connectivity index (χ3v) is 2.25. The molecule has 0 amide bonds. The van der Waals surface area contributed by atoms with Crippen LogP contribution in [0.4, 0.5) is 0 Å². The lowest BCUT2D eigenvalue weighted by atomic mass is 10.0. The smallest absolute Gasteiger partial charge is 0.0973 e. The molecule has 0 radical (unpaired) electrons. The van der Waals surface area contributed by atoms with E-state index in [2.05, 4.69) is 42.5 Å². The van der Waals surface area contributed by atoms with E-state index in [1.807, 2.05) is 17.9 Å². The molecule has 0 fully saturated rings. The molecule has 2 heteroatoms. The van der Waals surface area contributed by atoms with Gasteiger partial charge < -0.3 is 0 Å². The van der Waals surface area contributed by atoms with Crippen molar-refractivity contribution in [1.29, 1.82) is 0 Å². The van der Waals surface area contributed by atoms with Crippen molar-refractivity contribution in [3.8, 4) is 0 Å². The van der Waals surface area contributed by atoms with Gasteiger partial charge in [-0.2, -0.15) is 0 Å². The van der Waals surface area contributed by atoms with Gasteiger partial charge in [0.25, 0.3) is 0 Å². The number of benzene rings is 1. The fourth-order valence-corrected chi connectivity index (χ4v) is 1.45. The molecule has 2 nitrogen and oxygen atoms in total. The summed E-state index contributed by atoms with van der Waals surface area (Å²) in [6.07, 6.45) is 4.06. The number of hydrogen-bond donors (Lipinski definition) is 0. The number of hydrazone groups is 1. The molecular weight excluding hydrogens is 160 g/mol. The first-order valence-electron chi connectivity index (χ1n) is 4.44. The van der Waals surface area contributed by atoms with Crippen molar-refractivity contribution in [1.82, 2.24) is 0 Å². The molecule has 66 valence electrons. The Morgan fingerprint density at radius 2 is 1.92 bits per heavy atom. The summed E-state index contributed by atoms with van der Waals surface area (Å²) in [4.78, 5) is 0. The van der Waals surface area contributed by atoms with Gasteiger partial charge in [0, 0.05) is 0 Å². The molecular formula is C11H13N2+. The van der Waals surface area contributed by atoms with Gasteiger partial charge in [0.2, 0.25) is 0 Å². The SMILES string of the molecule is Cc1ccc(C2C=N[N+](C)=C2)cc1. The van der Waals surface area contributed by atoms with Crippen molar-refractivity contribution in [3.63, 3.8) is 0 Å². The summed E-state index contributed by atoms with van der Waals surface area (Å²) in [6, 6.07) is 8.58. The molecule has 0 spiro atoms. The molecule has 0 saturated heterocycles. The van der Waals surface area contributed by atoms with E-state index in [1.54, 1.807) is 0 Å². The van der Waals surface area contributed by atoms with Crippen LogP contribution < -0.4 is 0 Å². The highest BCUT2D eigenvalue weighted by Gasteiger charge is 2.16. The Labute approximate surface area is 78.2 Å². The number of aryl methyl sites for hydroxylation is 1. The maximum Gasteiger partial charge on any atom is 0.185 e. The molecule has 1 heterocycles. The van der Waals surface area contributed by atoms with Crippen LogP contribution in [0.15, 0.2) is 29.4 Å². The zero-order valence-corrected chi connectivity index (χ0v) is 7.94. The van der Waals surface area contributed by atoms with Crippen molar-refractivity contribution in [3.05, 3.63) is 35.4 Å². The lowest BCUT2D eigenvalue weighted by Gasteiger charge is -2.00. The first-order chi connectivity index (χ1) is 6.25. The fraction of sp³-hybridized carbons (Fsp3) is 0.273. The molecule has 0 aromatic heterocycles. The van der Waals surface area contributed by atoms with Crippen LogP contribution in [0, 0.1) is 6.92 Å². The first kappa shape index (κ1) is 8.17. The quantitative estimate of drug-likeness (QED) is 0.575. The third kappa shape index (κ3) is 1.66. The van der Waals surface area contributed by atoms with E-state index in [0.717, 1.165) is 0 Å². The second-order valence-corrected chi connectivity index (χ2v) is 3.42. The standard InChI is InChI=1S/C11H13N2/c1-9-3-5-10(6-4-9)11-7-12-13(2)8-11/h3-8,11H,1-2H3/q+1. The van der Waals surface area contributed by atoms with Crippen molar-refractivity contribution in [2.45, 2.75) is 12.8 Å². The third-order valence-electron chi connectivity index (χ3n) is 2.25. The summed E-state index contributed by atoms with van der Waals surface area (Å²) in [6.45, 7) is 2.10. The van der Waals surface area contributed by atoms with Crippen molar-refractivity contribution in [2.24, 2.45) is 5.10 Å². The second-order valence-electron chi connectivity index (χ2n) is 3.42. The molecule has 1 aliphatic rings. The minimum Gasteiger partial charge on any atom is -0.0973 e. The van der Waals surface area contributed by atoms with E-state index in [9.17, 15) is 0 Å². The van der Waals surface area contributed by atoms with Crippen LogP contribution in [-0.4, -0.2) is 24.2 Å². The van der Waals surface area contributed by atoms with E-state index in [4.69, 9.17) is 0 Å². The second kappa shape index (κ2) is 3.13. The predicted molar refractivity (Wildman–Crippen MR) is 54.7 cm³/mol. The maximum absolute atomic E-state index is 4.17. The molecule has 0 N–H and O–H groups in total. The van der Waals surface area contributed by atoms with Crippen molar-refractivity contribution >= 4 is 12.4 Å². The van der Waals surface area contributed by atoms with Crippen LogP contribution >= 0.6 is 0 Å². The Hall–Kier alpha value is -1.44. The molecule has 13 heavy (non-hydrogen) atoms. The van der Waals surface area contributed by atoms with Crippen LogP contribution in [-0.2, 0) is 0 Å². The zero-order valence-electron chi connectivity index (χ0n) is 7.94. The van der Waals surface area contributed by atoms with Gasteiger partial charge in [-0.15, -0.1) is 0 Å². The largest absolute Gasteiger partial charge is 0.185 e. The summed E-state index contributed by atoms with van der Waals surface area (Å²) < 4.78 is 1.85. The molecule has 0 aliphatic carbocycles. The average molecular weight is 173 g/mol. The zero-order chi connectivity index (χ0) is 9.26. The number of nitrogens with zero attached hydrogens (tertiary/aromatic N) is 2.